The quantitative estimate of drug-likeness (QED) is 0.470. The number of aryl methyl sites for hydroxylation is 3. The number of nitrogens with one attached hydrogen (secondary N) is 2. The highest BCUT2D eigenvalue weighted by Gasteiger charge is 2.28. The van der Waals surface area contributed by atoms with Gasteiger partial charge in [-0.3, -0.25) is 14.6 Å². The second kappa shape index (κ2) is 10.6. The number of rotatable bonds is 7. The molecule has 2 amide bonds. The van der Waals surface area contributed by atoms with Crippen molar-refractivity contribution < 1.29 is 19.1 Å². The van der Waals surface area contributed by atoms with Crippen LogP contribution in [0.5, 0.6) is 0 Å². The number of anilines is 2. The van der Waals surface area contributed by atoms with Crippen LogP contribution in [-0.2, 0) is 28.8 Å². The maximum Gasteiger partial charge on any atom is 0.341 e. The van der Waals surface area contributed by atoms with Gasteiger partial charge in [-0.2, -0.15) is 0 Å². The number of para-hydroxylation sites is 1. The zero-order valence-corrected chi connectivity index (χ0v) is 20.1. The molecule has 0 atom stereocenters. The Labute approximate surface area is 202 Å². The number of aromatic nitrogens is 1. The molecule has 7 nitrogen and oxygen atoms in total. The smallest absolute Gasteiger partial charge is 0.341 e. The molecule has 8 heteroatoms. The van der Waals surface area contributed by atoms with Gasteiger partial charge in [0.15, 0.2) is 6.61 Å². The molecule has 1 aromatic carbocycles. The lowest BCUT2D eigenvalue weighted by molar-refractivity contribution is -0.119. The molecular formula is C26H27N3O4S. The fraction of sp³-hybridized carbons (Fsp3) is 0.308. The second-order valence-corrected chi connectivity index (χ2v) is 9.30. The molecule has 0 spiro atoms. The first-order chi connectivity index (χ1) is 16.5. The lowest BCUT2D eigenvalue weighted by Gasteiger charge is -2.14. The van der Waals surface area contributed by atoms with Gasteiger partial charge in [0.25, 0.3) is 11.8 Å². The lowest BCUT2D eigenvalue weighted by atomic mass is 9.95. The van der Waals surface area contributed by atoms with Crippen molar-refractivity contribution in [3.05, 3.63) is 75.4 Å². The molecule has 3 aromatic rings. The number of carbonyl (C=O) groups is 3. The molecule has 0 radical (unpaired) electrons. The number of hydrogen-bond donors (Lipinski definition) is 2. The Kier molecular flexibility index (Phi) is 7.37. The zero-order valence-electron chi connectivity index (χ0n) is 19.3. The van der Waals surface area contributed by atoms with E-state index in [1.807, 2.05) is 32.0 Å². The molecule has 4 rings (SSSR count). The summed E-state index contributed by atoms with van der Waals surface area (Å²) >= 11 is 1.40. The van der Waals surface area contributed by atoms with Crippen molar-refractivity contribution in [3.63, 3.8) is 0 Å². The Morgan fingerprint density at radius 2 is 1.91 bits per heavy atom. The standard InChI is InChI=1S/C26H27N3O4S/c1-3-17-9-6-8-16(2)23(17)28-21(30)15-33-26(32)22-19-11-4-5-12-20(19)34-25(22)29-24(31)18-10-7-13-27-14-18/h6-10,13-14H,3-5,11-12,15H2,1-2H3,(H,28,30)(H,29,31). The Morgan fingerprint density at radius 3 is 2.68 bits per heavy atom. The Morgan fingerprint density at radius 1 is 1.09 bits per heavy atom. The highest BCUT2D eigenvalue weighted by atomic mass is 32.1. The third-order valence-electron chi connectivity index (χ3n) is 5.86. The maximum absolute atomic E-state index is 13.1. The van der Waals surface area contributed by atoms with E-state index in [0.717, 1.165) is 59.4 Å². The molecule has 0 fully saturated rings. The van der Waals surface area contributed by atoms with Gasteiger partial charge < -0.3 is 15.4 Å². The Hall–Kier alpha value is -3.52. The van der Waals surface area contributed by atoms with Gasteiger partial charge in [0.05, 0.1) is 11.1 Å². The summed E-state index contributed by atoms with van der Waals surface area (Å²) in [6, 6.07) is 9.18. The van der Waals surface area contributed by atoms with Gasteiger partial charge in [-0.25, -0.2) is 4.79 Å². The minimum atomic E-state index is -0.600. The molecule has 0 saturated carbocycles. The molecule has 0 aliphatic heterocycles. The Balaban J connectivity index is 1.50. The molecule has 1 aliphatic carbocycles. The van der Waals surface area contributed by atoms with E-state index in [9.17, 15) is 14.4 Å². The van der Waals surface area contributed by atoms with Crippen LogP contribution >= 0.6 is 11.3 Å². The molecule has 176 valence electrons. The minimum Gasteiger partial charge on any atom is -0.452 e. The summed E-state index contributed by atoms with van der Waals surface area (Å²) in [4.78, 5) is 43.4. The van der Waals surface area contributed by atoms with Crippen LogP contribution in [0.4, 0.5) is 10.7 Å². The number of hydrogen-bond acceptors (Lipinski definition) is 6. The number of benzene rings is 1. The third kappa shape index (κ3) is 5.17. The molecule has 2 N–H and O–H groups in total. The highest BCUT2D eigenvalue weighted by molar-refractivity contribution is 7.17. The van der Waals surface area contributed by atoms with Crippen molar-refractivity contribution in [1.29, 1.82) is 0 Å². The van der Waals surface area contributed by atoms with Crippen LogP contribution in [0, 0.1) is 6.92 Å². The van der Waals surface area contributed by atoms with E-state index in [4.69, 9.17) is 4.74 Å². The summed E-state index contributed by atoms with van der Waals surface area (Å²) < 4.78 is 5.42. The molecule has 34 heavy (non-hydrogen) atoms. The van der Waals surface area contributed by atoms with Gasteiger partial charge in [0.1, 0.15) is 5.00 Å². The normalized spacial score (nSPS) is 12.5. The molecule has 0 bridgehead atoms. The molecule has 0 saturated heterocycles. The van der Waals surface area contributed by atoms with E-state index in [1.54, 1.807) is 18.3 Å². The number of thiophene rings is 1. The number of pyridine rings is 1. The first kappa shape index (κ1) is 23.6. The third-order valence-corrected chi connectivity index (χ3v) is 7.07. The molecule has 2 heterocycles. The summed E-state index contributed by atoms with van der Waals surface area (Å²) in [6.45, 7) is 3.54. The monoisotopic (exact) mass is 477 g/mol. The van der Waals surface area contributed by atoms with Crippen LogP contribution in [0.1, 0.15) is 62.0 Å². The summed E-state index contributed by atoms with van der Waals surface area (Å²) in [7, 11) is 0. The van der Waals surface area contributed by atoms with Gasteiger partial charge in [-0.15, -0.1) is 11.3 Å². The van der Waals surface area contributed by atoms with Crippen molar-refractivity contribution >= 4 is 39.8 Å². The van der Waals surface area contributed by atoms with E-state index >= 15 is 0 Å². The highest BCUT2D eigenvalue weighted by Crippen LogP contribution is 2.38. The van der Waals surface area contributed by atoms with Crippen molar-refractivity contribution in [2.24, 2.45) is 0 Å². The van der Waals surface area contributed by atoms with Crippen LogP contribution in [0.2, 0.25) is 0 Å². The topological polar surface area (TPSA) is 97.4 Å². The van der Waals surface area contributed by atoms with E-state index < -0.39 is 18.5 Å². The van der Waals surface area contributed by atoms with Crippen LogP contribution in [0.3, 0.4) is 0 Å². The van der Waals surface area contributed by atoms with Crippen LogP contribution in [-0.4, -0.2) is 29.4 Å². The predicted octanol–water partition coefficient (Wildman–Crippen LogP) is 4.94. The number of esters is 1. The second-order valence-electron chi connectivity index (χ2n) is 8.20. The van der Waals surface area contributed by atoms with Crippen molar-refractivity contribution in [1.82, 2.24) is 4.98 Å². The minimum absolute atomic E-state index is 0.342. The van der Waals surface area contributed by atoms with Crippen molar-refractivity contribution in [3.8, 4) is 0 Å². The summed E-state index contributed by atoms with van der Waals surface area (Å²) in [6.07, 6.45) is 7.45. The van der Waals surface area contributed by atoms with E-state index in [1.165, 1.54) is 17.5 Å². The number of nitrogens with zero attached hydrogens (tertiary/aromatic N) is 1. The fourth-order valence-electron chi connectivity index (χ4n) is 4.12. The largest absolute Gasteiger partial charge is 0.452 e. The SMILES string of the molecule is CCc1cccc(C)c1NC(=O)COC(=O)c1c(NC(=O)c2cccnc2)sc2c1CCCC2. The summed E-state index contributed by atoms with van der Waals surface area (Å²) in [5, 5.41) is 6.18. The average molecular weight is 478 g/mol. The molecule has 2 aromatic heterocycles. The number of carbonyl (C=O) groups excluding carboxylic acids is 3. The Bertz CT molecular complexity index is 1220. The summed E-state index contributed by atoms with van der Waals surface area (Å²) in [5.41, 5.74) is 4.39. The van der Waals surface area contributed by atoms with Gasteiger partial charge in [0, 0.05) is 23.0 Å². The van der Waals surface area contributed by atoms with Crippen molar-refractivity contribution in [2.45, 2.75) is 46.0 Å². The molecule has 1 aliphatic rings. The van der Waals surface area contributed by atoms with Gasteiger partial charge in [0.2, 0.25) is 0 Å². The first-order valence-corrected chi connectivity index (χ1v) is 12.2. The average Bonchev–Trinajstić information content (AvgIpc) is 3.22. The molecule has 0 unspecified atom stereocenters. The van der Waals surface area contributed by atoms with Crippen LogP contribution in [0.15, 0.2) is 42.7 Å². The van der Waals surface area contributed by atoms with E-state index in [2.05, 4.69) is 15.6 Å². The number of fused-ring (bicyclic) bond motifs is 1. The summed E-state index contributed by atoms with van der Waals surface area (Å²) in [5.74, 6) is -1.34. The van der Waals surface area contributed by atoms with Gasteiger partial charge >= 0.3 is 5.97 Å². The van der Waals surface area contributed by atoms with E-state index in [0.29, 0.717) is 16.1 Å². The van der Waals surface area contributed by atoms with Crippen LogP contribution in [0.25, 0.3) is 0 Å². The van der Waals surface area contributed by atoms with Gasteiger partial charge in [-0.1, -0.05) is 25.1 Å². The van der Waals surface area contributed by atoms with E-state index in [-0.39, 0.29) is 5.91 Å². The molecular weight excluding hydrogens is 450 g/mol. The maximum atomic E-state index is 13.1. The number of ether oxygens (including phenoxy) is 1. The fourth-order valence-corrected chi connectivity index (χ4v) is 5.40. The van der Waals surface area contributed by atoms with Gasteiger partial charge in [-0.05, 0) is 67.9 Å². The van der Waals surface area contributed by atoms with Crippen LogP contribution < -0.4 is 10.6 Å². The predicted molar refractivity (Wildman–Crippen MR) is 133 cm³/mol. The lowest BCUT2D eigenvalue weighted by Crippen LogP contribution is -2.23. The number of amides is 2. The zero-order chi connectivity index (χ0) is 24.1. The van der Waals surface area contributed by atoms with Crippen molar-refractivity contribution in [2.75, 3.05) is 17.2 Å². The first-order valence-electron chi connectivity index (χ1n) is 11.4.